The molecule has 0 unspecified atom stereocenters. The van der Waals surface area contributed by atoms with Crippen LogP contribution in [0.4, 0.5) is 8.78 Å². The molecule has 0 heterocycles. The first-order valence-electron chi connectivity index (χ1n) is 13.3. The van der Waals surface area contributed by atoms with Gasteiger partial charge in [0.2, 0.25) is 0 Å². The summed E-state index contributed by atoms with van der Waals surface area (Å²) in [5.74, 6) is -0.693. The van der Waals surface area contributed by atoms with Gasteiger partial charge in [0.15, 0.2) is 0 Å². The van der Waals surface area contributed by atoms with Gasteiger partial charge in [-0.3, -0.25) is 4.79 Å². The van der Waals surface area contributed by atoms with E-state index in [1.54, 1.807) is 24.3 Å². The molecule has 4 aromatic carbocycles. The Morgan fingerprint density at radius 1 is 0.682 bits per heavy atom. The number of aliphatic hydroxyl groups excluding tert-OH is 1. The van der Waals surface area contributed by atoms with Crippen molar-refractivity contribution in [3.8, 4) is 22.3 Å². The summed E-state index contributed by atoms with van der Waals surface area (Å²) in [6.07, 6.45) is 0.500. The lowest BCUT2D eigenvalue weighted by atomic mass is 9.97. The Kier molecular flexibility index (Phi) is 15.5. The quantitative estimate of drug-likeness (QED) is 0.244. The van der Waals surface area contributed by atoms with E-state index in [9.17, 15) is 13.6 Å². The zero-order valence-electron chi connectivity index (χ0n) is 25.1. The molecule has 4 rings (SSSR count). The summed E-state index contributed by atoms with van der Waals surface area (Å²) < 4.78 is 32.7. The maximum Gasteiger partial charge on any atom is 0.373 e. The molecular formula is C35H34F2O7. The zero-order valence-corrected chi connectivity index (χ0v) is 25.1. The Morgan fingerprint density at radius 2 is 1.05 bits per heavy atom. The van der Waals surface area contributed by atoms with Gasteiger partial charge in [-0.2, -0.15) is 19.2 Å². The predicted octanol–water partition coefficient (Wildman–Crippen LogP) is 7.02. The standard InChI is InChI=1S/C19H21FO2.C14H13FO.2CO2/c1-13-5-10-17(20)16(11-13)15-8-6-14(7-9-15)12-22-18(21)19(2,3)4;1-10-2-7-14(15)13(8-10)12-5-3-11(9-16)4-6-12;2*2-1-3/h5-11H,12H2,1-4H3;2-8,16H,9H2,1H3;;. The summed E-state index contributed by atoms with van der Waals surface area (Å²) in [5.41, 5.74) is 6.08. The van der Waals surface area contributed by atoms with Gasteiger partial charge in [-0.05, 0) is 81.1 Å². The summed E-state index contributed by atoms with van der Waals surface area (Å²) >= 11 is 0. The van der Waals surface area contributed by atoms with Crippen molar-refractivity contribution in [2.24, 2.45) is 5.41 Å². The van der Waals surface area contributed by atoms with E-state index in [1.165, 1.54) is 12.1 Å². The van der Waals surface area contributed by atoms with Gasteiger partial charge in [0, 0.05) is 11.1 Å². The third-order valence-corrected chi connectivity index (χ3v) is 5.94. The van der Waals surface area contributed by atoms with Gasteiger partial charge in [0.25, 0.3) is 0 Å². The van der Waals surface area contributed by atoms with Crippen molar-refractivity contribution in [1.82, 2.24) is 0 Å². The van der Waals surface area contributed by atoms with E-state index >= 15 is 0 Å². The van der Waals surface area contributed by atoms with Gasteiger partial charge < -0.3 is 9.84 Å². The van der Waals surface area contributed by atoms with E-state index in [0.717, 1.165) is 33.4 Å². The highest BCUT2D eigenvalue weighted by Crippen LogP contribution is 2.26. The molecule has 0 saturated heterocycles. The smallest absolute Gasteiger partial charge is 0.373 e. The number of aliphatic hydroxyl groups is 1. The Hall–Kier alpha value is -5.07. The predicted molar refractivity (Wildman–Crippen MR) is 158 cm³/mol. The van der Waals surface area contributed by atoms with Gasteiger partial charge >= 0.3 is 18.3 Å². The molecule has 0 fully saturated rings. The van der Waals surface area contributed by atoms with E-state index in [0.29, 0.717) is 11.1 Å². The average Bonchev–Trinajstić information content (AvgIpc) is 2.99. The number of rotatable bonds is 5. The number of carbonyl (C=O) groups is 1. The van der Waals surface area contributed by atoms with Crippen LogP contribution in [0.5, 0.6) is 0 Å². The minimum absolute atomic E-state index is 0.0105. The van der Waals surface area contributed by atoms with Crippen LogP contribution >= 0.6 is 0 Å². The van der Waals surface area contributed by atoms with Crippen LogP contribution in [0.15, 0.2) is 84.9 Å². The normalized spacial score (nSPS) is 9.82. The zero-order chi connectivity index (χ0) is 33.3. The number of ether oxygens (including phenoxy) is 1. The molecule has 0 aromatic heterocycles. The lowest BCUT2D eigenvalue weighted by Crippen LogP contribution is -2.22. The number of hydrogen-bond acceptors (Lipinski definition) is 7. The van der Waals surface area contributed by atoms with Crippen molar-refractivity contribution in [2.45, 2.75) is 47.8 Å². The fraction of sp³-hybridized carbons (Fsp3) is 0.229. The van der Waals surface area contributed by atoms with Crippen molar-refractivity contribution >= 4 is 18.3 Å². The number of hydrogen-bond donors (Lipinski definition) is 1. The number of esters is 1. The summed E-state index contributed by atoms with van der Waals surface area (Å²) in [4.78, 5) is 44.2. The van der Waals surface area contributed by atoms with Crippen LogP contribution in [0.2, 0.25) is 0 Å². The summed E-state index contributed by atoms with van der Waals surface area (Å²) in [5, 5.41) is 8.92. The number of carbonyl (C=O) groups excluding carboxylic acids is 5. The van der Waals surface area contributed by atoms with Gasteiger partial charge in [-0.1, -0.05) is 71.8 Å². The average molecular weight is 605 g/mol. The molecule has 0 aliphatic heterocycles. The van der Waals surface area contributed by atoms with E-state index in [-0.39, 0.29) is 43.1 Å². The monoisotopic (exact) mass is 604 g/mol. The lowest BCUT2D eigenvalue weighted by Gasteiger charge is -2.16. The summed E-state index contributed by atoms with van der Waals surface area (Å²) in [6.45, 7) is 9.56. The van der Waals surface area contributed by atoms with Gasteiger partial charge in [0.1, 0.15) is 18.2 Å². The number of benzene rings is 4. The third-order valence-electron chi connectivity index (χ3n) is 5.94. The molecule has 44 heavy (non-hydrogen) atoms. The second kappa shape index (κ2) is 18.5. The molecule has 0 amide bonds. The molecule has 0 aliphatic rings. The van der Waals surface area contributed by atoms with Crippen LogP contribution in [0, 0.1) is 30.9 Å². The third kappa shape index (κ3) is 12.4. The molecule has 0 bridgehead atoms. The largest absolute Gasteiger partial charge is 0.460 e. The highest BCUT2D eigenvalue weighted by atomic mass is 19.1. The van der Waals surface area contributed by atoms with E-state index in [1.807, 2.05) is 83.1 Å². The minimum atomic E-state index is -0.509. The maximum absolute atomic E-state index is 13.9. The molecule has 0 atom stereocenters. The van der Waals surface area contributed by atoms with Crippen molar-refractivity contribution < 1.29 is 42.6 Å². The molecule has 7 nitrogen and oxygen atoms in total. The number of halogens is 2. The van der Waals surface area contributed by atoms with E-state index in [2.05, 4.69) is 0 Å². The van der Waals surface area contributed by atoms with Crippen LogP contribution < -0.4 is 0 Å². The summed E-state index contributed by atoms with van der Waals surface area (Å²) in [7, 11) is 0. The fourth-order valence-electron chi connectivity index (χ4n) is 3.66. The van der Waals surface area contributed by atoms with Gasteiger partial charge in [-0.25, -0.2) is 8.78 Å². The van der Waals surface area contributed by atoms with E-state index < -0.39 is 5.41 Å². The van der Waals surface area contributed by atoms with Crippen molar-refractivity contribution in [2.75, 3.05) is 0 Å². The van der Waals surface area contributed by atoms with Gasteiger partial charge in [-0.15, -0.1) is 0 Å². The number of aryl methyl sites for hydroxylation is 2. The minimum Gasteiger partial charge on any atom is -0.460 e. The lowest BCUT2D eigenvalue weighted by molar-refractivity contribution is -0.193. The fourth-order valence-corrected chi connectivity index (χ4v) is 3.66. The first-order chi connectivity index (χ1) is 20.8. The molecular weight excluding hydrogens is 570 g/mol. The Bertz CT molecular complexity index is 1550. The Balaban J connectivity index is 0.000000385. The molecule has 4 aromatic rings. The van der Waals surface area contributed by atoms with Crippen LogP contribution in [0.3, 0.4) is 0 Å². The first-order valence-corrected chi connectivity index (χ1v) is 13.3. The Morgan fingerprint density at radius 3 is 1.39 bits per heavy atom. The van der Waals surface area contributed by atoms with Crippen LogP contribution in [0.25, 0.3) is 22.3 Å². The molecule has 0 aliphatic carbocycles. The van der Waals surface area contributed by atoms with Crippen LogP contribution in [0.1, 0.15) is 43.0 Å². The Labute approximate surface area is 255 Å². The second-order valence-electron chi connectivity index (χ2n) is 10.5. The maximum atomic E-state index is 13.9. The van der Waals surface area contributed by atoms with Crippen molar-refractivity contribution in [1.29, 1.82) is 0 Å². The van der Waals surface area contributed by atoms with Crippen molar-refractivity contribution in [3.05, 3.63) is 119 Å². The first kappa shape index (κ1) is 37.0. The van der Waals surface area contributed by atoms with Crippen molar-refractivity contribution in [3.63, 3.8) is 0 Å². The molecule has 0 radical (unpaired) electrons. The molecule has 1 N–H and O–H groups in total. The topological polar surface area (TPSA) is 115 Å². The van der Waals surface area contributed by atoms with Crippen LogP contribution in [-0.2, 0) is 41.9 Å². The molecule has 0 saturated carbocycles. The highest BCUT2D eigenvalue weighted by molar-refractivity contribution is 5.75. The summed E-state index contributed by atoms with van der Waals surface area (Å²) in [6, 6.07) is 24.7. The SMILES string of the molecule is Cc1ccc(F)c(-c2ccc(CO)cc2)c1.Cc1ccc(F)c(-c2ccc(COC(=O)C(C)(C)C)cc2)c1.O=C=O.O=C=O. The molecule has 0 spiro atoms. The van der Waals surface area contributed by atoms with Crippen LogP contribution in [-0.4, -0.2) is 23.4 Å². The molecule has 230 valence electrons. The second-order valence-corrected chi connectivity index (χ2v) is 10.5. The molecule has 9 heteroatoms. The van der Waals surface area contributed by atoms with Gasteiger partial charge in [0.05, 0.1) is 12.0 Å². The highest BCUT2D eigenvalue weighted by Gasteiger charge is 2.22. The van der Waals surface area contributed by atoms with E-state index in [4.69, 9.17) is 29.0 Å².